The Bertz CT molecular complexity index is 405. The molecule has 2 fully saturated rings. The molecule has 1 aliphatic heterocycles. The summed E-state index contributed by atoms with van der Waals surface area (Å²) in [5.41, 5.74) is 0.339. The van der Waals surface area contributed by atoms with E-state index in [1.54, 1.807) is 7.11 Å². The van der Waals surface area contributed by atoms with Crippen molar-refractivity contribution in [2.24, 2.45) is 4.99 Å². The van der Waals surface area contributed by atoms with Crippen LogP contribution in [0.3, 0.4) is 0 Å². The average Bonchev–Trinajstić information content (AvgIpc) is 2.73. The van der Waals surface area contributed by atoms with Crippen LogP contribution in [0.25, 0.3) is 0 Å². The molecule has 1 heterocycles. The van der Waals surface area contributed by atoms with Crippen LogP contribution in [-0.4, -0.2) is 76.6 Å². The Morgan fingerprint density at radius 2 is 1.67 bits per heavy atom. The second kappa shape index (κ2) is 13.3. The maximum Gasteiger partial charge on any atom is 0.191 e. The van der Waals surface area contributed by atoms with Crippen molar-refractivity contribution in [3.8, 4) is 0 Å². The number of piperidine rings is 1. The summed E-state index contributed by atoms with van der Waals surface area (Å²) in [5.74, 6) is 0.942. The molecule has 0 aromatic rings. The van der Waals surface area contributed by atoms with Gasteiger partial charge in [-0.3, -0.25) is 9.89 Å². The lowest BCUT2D eigenvalue weighted by Crippen LogP contribution is -2.59. The quantitative estimate of drug-likeness (QED) is 0.327. The molecule has 0 aromatic heterocycles. The monoisotopic (exact) mass is 382 g/mol. The Morgan fingerprint density at radius 3 is 2.37 bits per heavy atom. The first kappa shape index (κ1) is 22.4. The molecule has 0 radical (unpaired) electrons. The second-order valence-corrected chi connectivity index (χ2v) is 8.00. The fourth-order valence-electron chi connectivity index (χ4n) is 4.43. The lowest BCUT2D eigenvalue weighted by atomic mass is 9.79. The first-order valence-corrected chi connectivity index (χ1v) is 11.1. The van der Waals surface area contributed by atoms with Gasteiger partial charge in [-0.15, -0.1) is 0 Å². The van der Waals surface area contributed by atoms with Crippen LogP contribution in [0.4, 0.5) is 0 Å². The molecule has 0 unspecified atom stereocenters. The number of unbranched alkanes of at least 4 members (excludes halogenated alkanes) is 1. The second-order valence-electron chi connectivity index (χ2n) is 8.00. The average molecular weight is 383 g/mol. The number of methoxy groups -OCH3 is 1. The highest BCUT2D eigenvalue weighted by Gasteiger charge is 2.38. The predicted octanol–water partition coefficient (Wildman–Crippen LogP) is 2.78. The molecule has 158 valence electrons. The molecule has 0 atom stereocenters. The van der Waals surface area contributed by atoms with Crippen LogP contribution in [0.5, 0.6) is 0 Å². The molecular weight excluding hydrogens is 340 g/mol. The van der Waals surface area contributed by atoms with Gasteiger partial charge in [-0.2, -0.15) is 0 Å². The van der Waals surface area contributed by atoms with Crippen LogP contribution in [0, 0.1) is 0 Å². The van der Waals surface area contributed by atoms with Crippen LogP contribution < -0.4 is 10.6 Å². The Balaban J connectivity index is 1.69. The van der Waals surface area contributed by atoms with Gasteiger partial charge < -0.3 is 20.1 Å². The Hall–Kier alpha value is -0.850. The normalized spacial score (nSPS) is 21.2. The molecule has 2 N–H and O–H groups in total. The number of rotatable bonds is 11. The Kier molecular flexibility index (Phi) is 11.1. The lowest BCUT2D eigenvalue weighted by molar-refractivity contribution is 0.0368. The van der Waals surface area contributed by atoms with Crippen molar-refractivity contribution in [2.45, 2.75) is 69.7 Å². The van der Waals surface area contributed by atoms with Gasteiger partial charge in [0.05, 0.1) is 13.2 Å². The fourth-order valence-corrected chi connectivity index (χ4v) is 4.43. The van der Waals surface area contributed by atoms with Crippen LogP contribution in [-0.2, 0) is 9.47 Å². The van der Waals surface area contributed by atoms with Gasteiger partial charge in [0, 0.05) is 39.4 Å². The summed E-state index contributed by atoms with van der Waals surface area (Å²) in [6.45, 7) is 6.67. The van der Waals surface area contributed by atoms with Gasteiger partial charge in [0.15, 0.2) is 5.96 Å². The minimum absolute atomic E-state index is 0.339. The largest absolute Gasteiger partial charge is 0.382 e. The molecular formula is C21H42N4O2. The van der Waals surface area contributed by atoms with E-state index in [2.05, 4.69) is 20.5 Å². The van der Waals surface area contributed by atoms with E-state index in [4.69, 9.17) is 9.47 Å². The maximum absolute atomic E-state index is 5.51. The minimum atomic E-state index is 0.339. The van der Waals surface area contributed by atoms with Gasteiger partial charge >= 0.3 is 0 Å². The van der Waals surface area contributed by atoms with Crippen LogP contribution >= 0.6 is 0 Å². The highest BCUT2D eigenvalue weighted by Crippen LogP contribution is 2.35. The Morgan fingerprint density at radius 1 is 0.926 bits per heavy atom. The van der Waals surface area contributed by atoms with E-state index in [0.29, 0.717) is 18.8 Å². The Labute approximate surface area is 166 Å². The number of ether oxygens (including phenoxy) is 2. The van der Waals surface area contributed by atoms with Gasteiger partial charge in [-0.05, 0) is 51.6 Å². The van der Waals surface area contributed by atoms with Gasteiger partial charge in [-0.25, -0.2) is 0 Å². The van der Waals surface area contributed by atoms with Crippen LogP contribution in [0.15, 0.2) is 4.99 Å². The van der Waals surface area contributed by atoms with Crippen molar-refractivity contribution in [1.82, 2.24) is 15.5 Å². The molecule has 0 spiro atoms. The van der Waals surface area contributed by atoms with Crippen LogP contribution in [0.1, 0.15) is 64.2 Å². The fraction of sp³-hybridized carbons (Fsp3) is 0.952. The maximum atomic E-state index is 5.51. The smallest absolute Gasteiger partial charge is 0.191 e. The molecule has 1 saturated carbocycles. The van der Waals surface area contributed by atoms with Crippen molar-refractivity contribution in [1.29, 1.82) is 0 Å². The molecule has 2 rings (SSSR count). The van der Waals surface area contributed by atoms with E-state index in [9.17, 15) is 0 Å². The number of hydrogen-bond donors (Lipinski definition) is 2. The standard InChI is InChI=1S/C21H42N4O2/c1-22-20(23-13-7-10-16-27-18-17-26-2)24-19-21(11-5-3-6-12-21)25-14-8-4-9-15-25/h3-19H2,1-2H3,(H2,22,23,24). The molecule has 2 aliphatic rings. The molecule has 0 aromatic carbocycles. The molecule has 6 heteroatoms. The SMILES string of the molecule is CN=C(NCCCCOCCOC)NCC1(N2CCCCC2)CCCCC1. The van der Waals surface area contributed by atoms with Gasteiger partial charge in [0.25, 0.3) is 0 Å². The van der Waals surface area contributed by atoms with Crippen LogP contribution in [0.2, 0.25) is 0 Å². The summed E-state index contributed by atoms with van der Waals surface area (Å²) in [5, 5.41) is 7.12. The van der Waals surface area contributed by atoms with Gasteiger partial charge in [0.1, 0.15) is 0 Å². The summed E-state index contributed by atoms with van der Waals surface area (Å²) in [6.07, 6.45) is 13.1. The number of guanidine groups is 1. The molecule has 6 nitrogen and oxygen atoms in total. The van der Waals surface area contributed by atoms with Crippen molar-refractivity contribution >= 4 is 5.96 Å². The highest BCUT2D eigenvalue weighted by molar-refractivity contribution is 5.79. The summed E-state index contributed by atoms with van der Waals surface area (Å²) in [4.78, 5) is 7.22. The first-order valence-electron chi connectivity index (χ1n) is 11.1. The van der Waals surface area contributed by atoms with Crippen molar-refractivity contribution in [3.05, 3.63) is 0 Å². The number of aliphatic imine (C=N–C) groups is 1. The van der Waals surface area contributed by atoms with E-state index in [1.807, 2.05) is 7.05 Å². The van der Waals surface area contributed by atoms with Crippen molar-refractivity contribution in [2.75, 3.05) is 60.2 Å². The number of nitrogens with one attached hydrogen (secondary N) is 2. The molecule has 0 amide bonds. The molecule has 1 saturated heterocycles. The van der Waals surface area contributed by atoms with E-state index >= 15 is 0 Å². The predicted molar refractivity (Wildman–Crippen MR) is 113 cm³/mol. The molecule has 1 aliphatic carbocycles. The minimum Gasteiger partial charge on any atom is -0.382 e. The third kappa shape index (κ3) is 7.96. The van der Waals surface area contributed by atoms with E-state index < -0.39 is 0 Å². The zero-order valence-electron chi connectivity index (χ0n) is 17.7. The van der Waals surface area contributed by atoms with E-state index in [1.165, 1.54) is 64.5 Å². The van der Waals surface area contributed by atoms with Crippen molar-refractivity contribution in [3.63, 3.8) is 0 Å². The highest BCUT2D eigenvalue weighted by atomic mass is 16.5. The number of nitrogens with zero attached hydrogens (tertiary/aromatic N) is 2. The first-order chi connectivity index (χ1) is 13.3. The van der Waals surface area contributed by atoms with E-state index in [-0.39, 0.29) is 0 Å². The summed E-state index contributed by atoms with van der Waals surface area (Å²) < 4.78 is 10.5. The number of likely N-dealkylation sites (tertiary alicyclic amines) is 1. The number of hydrogen-bond acceptors (Lipinski definition) is 4. The summed E-state index contributed by atoms with van der Waals surface area (Å²) in [6, 6.07) is 0. The summed E-state index contributed by atoms with van der Waals surface area (Å²) >= 11 is 0. The molecule has 27 heavy (non-hydrogen) atoms. The van der Waals surface area contributed by atoms with Crippen molar-refractivity contribution < 1.29 is 9.47 Å². The third-order valence-electron chi connectivity index (χ3n) is 6.06. The van der Waals surface area contributed by atoms with E-state index in [0.717, 1.165) is 38.5 Å². The van der Waals surface area contributed by atoms with Gasteiger partial charge in [-0.1, -0.05) is 25.7 Å². The lowest BCUT2D eigenvalue weighted by Gasteiger charge is -2.48. The van der Waals surface area contributed by atoms with Gasteiger partial charge in [0.2, 0.25) is 0 Å². The summed E-state index contributed by atoms with van der Waals surface area (Å²) in [7, 11) is 3.58. The zero-order valence-corrected chi connectivity index (χ0v) is 17.7. The third-order valence-corrected chi connectivity index (χ3v) is 6.06. The zero-order chi connectivity index (χ0) is 19.2. The topological polar surface area (TPSA) is 58.1 Å². The molecule has 0 bridgehead atoms.